The standard InChI is InChI=1S/C26H26N2O2/c29-25(18-17-20-10-3-1-4-11-20)28-19-9-16-24(28)26(30)27-23-15-8-7-14-22(23)21-12-5-2-6-13-21/h1-8,10-15,24H,9,16-19H2,(H,27,30). The highest BCUT2D eigenvalue weighted by Crippen LogP contribution is 2.29. The van der Waals surface area contributed by atoms with Crippen molar-refractivity contribution in [1.82, 2.24) is 4.90 Å². The average molecular weight is 399 g/mol. The van der Waals surface area contributed by atoms with E-state index in [1.54, 1.807) is 4.90 Å². The normalized spacial score (nSPS) is 15.7. The van der Waals surface area contributed by atoms with Crippen molar-refractivity contribution in [3.63, 3.8) is 0 Å². The van der Waals surface area contributed by atoms with Crippen molar-refractivity contribution in [3.8, 4) is 11.1 Å². The highest BCUT2D eigenvalue weighted by atomic mass is 16.2. The van der Waals surface area contributed by atoms with Gasteiger partial charge in [-0.3, -0.25) is 9.59 Å². The van der Waals surface area contributed by atoms with E-state index in [4.69, 9.17) is 0 Å². The number of nitrogens with zero attached hydrogens (tertiary/aromatic N) is 1. The van der Waals surface area contributed by atoms with Crippen molar-refractivity contribution >= 4 is 17.5 Å². The summed E-state index contributed by atoms with van der Waals surface area (Å²) in [5.41, 5.74) is 3.95. The molecule has 4 heteroatoms. The first-order valence-electron chi connectivity index (χ1n) is 10.5. The first-order valence-corrected chi connectivity index (χ1v) is 10.5. The van der Waals surface area contributed by atoms with Gasteiger partial charge in [-0.15, -0.1) is 0 Å². The maximum atomic E-state index is 13.1. The van der Waals surface area contributed by atoms with E-state index in [1.165, 1.54) is 0 Å². The molecule has 1 aliphatic rings. The largest absolute Gasteiger partial charge is 0.331 e. The summed E-state index contributed by atoms with van der Waals surface area (Å²) in [4.78, 5) is 27.7. The van der Waals surface area contributed by atoms with E-state index >= 15 is 0 Å². The average Bonchev–Trinajstić information content (AvgIpc) is 3.29. The molecule has 4 nitrogen and oxygen atoms in total. The van der Waals surface area contributed by atoms with Gasteiger partial charge in [-0.2, -0.15) is 0 Å². The Kier molecular flexibility index (Phi) is 6.23. The highest BCUT2D eigenvalue weighted by molar-refractivity contribution is 6.00. The molecule has 1 unspecified atom stereocenters. The van der Waals surface area contributed by atoms with Crippen LogP contribution in [0.15, 0.2) is 84.9 Å². The first kappa shape index (κ1) is 19.9. The van der Waals surface area contributed by atoms with Crippen LogP contribution in [-0.4, -0.2) is 29.3 Å². The van der Waals surface area contributed by atoms with Crippen LogP contribution in [0.1, 0.15) is 24.8 Å². The summed E-state index contributed by atoms with van der Waals surface area (Å²) in [5.74, 6) is -0.0585. The van der Waals surface area contributed by atoms with Gasteiger partial charge in [0.05, 0.1) is 0 Å². The fourth-order valence-electron chi connectivity index (χ4n) is 4.05. The van der Waals surface area contributed by atoms with E-state index in [0.717, 1.165) is 28.8 Å². The number of likely N-dealkylation sites (tertiary alicyclic amines) is 1. The minimum absolute atomic E-state index is 0.0489. The zero-order valence-electron chi connectivity index (χ0n) is 17.0. The van der Waals surface area contributed by atoms with Gasteiger partial charge in [0.1, 0.15) is 6.04 Å². The lowest BCUT2D eigenvalue weighted by Crippen LogP contribution is -2.43. The molecule has 4 rings (SSSR count). The van der Waals surface area contributed by atoms with Crippen LogP contribution >= 0.6 is 0 Å². The number of amides is 2. The molecule has 1 heterocycles. The quantitative estimate of drug-likeness (QED) is 0.641. The Hall–Kier alpha value is -3.40. The molecule has 1 fully saturated rings. The van der Waals surface area contributed by atoms with Crippen LogP contribution < -0.4 is 5.32 Å². The Morgan fingerprint density at radius 2 is 1.53 bits per heavy atom. The lowest BCUT2D eigenvalue weighted by molar-refractivity contribution is -0.136. The van der Waals surface area contributed by atoms with E-state index in [2.05, 4.69) is 5.32 Å². The monoisotopic (exact) mass is 398 g/mol. The Balaban J connectivity index is 1.44. The minimum atomic E-state index is -0.405. The van der Waals surface area contributed by atoms with E-state index in [-0.39, 0.29) is 11.8 Å². The van der Waals surface area contributed by atoms with Crippen molar-refractivity contribution in [1.29, 1.82) is 0 Å². The molecule has 0 bridgehead atoms. The van der Waals surface area contributed by atoms with Crippen LogP contribution in [0.3, 0.4) is 0 Å². The molecule has 0 radical (unpaired) electrons. The summed E-state index contributed by atoms with van der Waals surface area (Å²) in [5, 5.41) is 3.08. The Morgan fingerprint density at radius 1 is 0.867 bits per heavy atom. The van der Waals surface area contributed by atoms with Gasteiger partial charge in [0.2, 0.25) is 11.8 Å². The van der Waals surface area contributed by atoms with Gasteiger partial charge < -0.3 is 10.2 Å². The van der Waals surface area contributed by atoms with Crippen LogP contribution in [-0.2, 0) is 16.0 Å². The maximum absolute atomic E-state index is 13.1. The number of hydrogen-bond acceptors (Lipinski definition) is 2. The summed E-state index contributed by atoms with van der Waals surface area (Å²) < 4.78 is 0. The summed E-state index contributed by atoms with van der Waals surface area (Å²) in [7, 11) is 0. The maximum Gasteiger partial charge on any atom is 0.247 e. The molecule has 1 saturated heterocycles. The summed E-state index contributed by atoms with van der Waals surface area (Å²) in [6.45, 7) is 0.645. The Bertz CT molecular complexity index is 1000. The number of carbonyl (C=O) groups excluding carboxylic acids is 2. The number of para-hydroxylation sites is 1. The second kappa shape index (κ2) is 9.40. The topological polar surface area (TPSA) is 49.4 Å². The molecular formula is C26H26N2O2. The lowest BCUT2D eigenvalue weighted by atomic mass is 10.0. The summed E-state index contributed by atoms with van der Waals surface area (Å²) in [6.07, 6.45) is 2.68. The van der Waals surface area contributed by atoms with Crippen LogP contribution in [0.25, 0.3) is 11.1 Å². The van der Waals surface area contributed by atoms with Gasteiger partial charge in [-0.25, -0.2) is 0 Å². The molecule has 1 N–H and O–H groups in total. The van der Waals surface area contributed by atoms with E-state index < -0.39 is 6.04 Å². The number of aryl methyl sites for hydroxylation is 1. The number of carbonyl (C=O) groups is 2. The van der Waals surface area contributed by atoms with Crippen molar-refractivity contribution in [3.05, 3.63) is 90.5 Å². The molecule has 1 aliphatic heterocycles. The van der Waals surface area contributed by atoms with Gasteiger partial charge in [-0.1, -0.05) is 78.9 Å². The molecule has 2 amide bonds. The van der Waals surface area contributed by atoms with E-state index in [1.807, 2.05) is 84.9 Å². The Labute approximate surface area is 177 Å². The van der Waals surface area contributed by atoms with Gasteiger partial charge in [0.15, 0.2) is 0 Å². The zero-order chi connectivity index (χ0) is 20.8. The third kappa shape index (κ3) is 4.60. The van der Waals surface area contributed by atoms with Gasteiger partial charge in [0, 0.05) is 24.2 Å². The fraction of sp³-hybridized carbons (Fsp3) is 0.231. The molecule has 3 aromatic carbocycles. The summed E-state index contributed by atoms with van der Waals surface area (Å²) >= 11 is 0. The van der Waals surface area contributed by atoms with Crippen molar-refractivity contribution < 1.29 is 9.59 Å². The van der Waals surface area contributed by atoms with Crippen LogP contribution in [0, 0.1) is 0 Å². The molecule has 1 atom stereocenters. The van der Waals surface area contributed by atoms with Crippen LogP contribution in [0.2, 0.25) is 0 Å². The predicted molar refractivity (Wildman–Crippen MR) is 120 cm³/mol. The second-order valence-electron chi connectivity index (χ2n) is 7.63. The summed E-state index contributed by atoms with van der Waals surface area (Å²) in [6, 6.07) is 27.4. The molecule has 0 saturated carbocycles. The number of benzene rings is 3. The highest BCUT2D eigenvalue weighted by Gasteiger charge is 2.34. The smallest absolute Gasteiger partial charge is 0.247 e. The molecule has 0 aromatic heterocycles. The van der Waals surface area contributed by atoms with Crippen molar-refractivity contribution in [2.75, 3.05) is 11.9 Å². The molecule has 3 aromatic rings. The predicted octanol–water partition coefficient (Wildman–Crippen LogP) is 4.92. The second-order valence-corrected chi connectivity index (χ2v) is 7.63. The molecule has 0 aliphatic carbocycles. The third-order valence-electron chi connectivity index (χ3n) is 5.62. The van der Waals surface area contributed by atoms with Crippen LogP contribution in [0.5, 0.6) is 0 Å². The lowest BCUT2D eigenvalue weighted by Gasteiger charge is -2.24. The van der Waals surface area contributed by atoms with Crippen molar-refractivity contribution in [2.24, 2.45) is 0 Å². The Morgan fingerprint density at radius 3 is 2.30 bits per heavy atom. The van der Waals surface area contributed by atoms with Gasteiger partial charge in [0.25, 0.3) is 0 Å². The SMILES string of the molecule is O=C(Nc1ccccc1-c1ccccc1)C1CCCN1C(=O)CCc1ccccc1. The van der Waals surface area contributed by atoms with Gasteiger partial charge in [-0.05, 0) is 36.5 Å². The molecule has 152 valence electrons. The minimum Gasteiger partial charge on any atom is -0.331 e. The third-order valence-corrected chi connectivity index (χ3v) is 5.62. The van der Waals surface area contributed by atoms with Gasteiger partial charge >= 0.3 is 0 Å². The molecule has 30 heavy (non-hydrogen) atoms. The zero-order valence-corrected chi connectivity index (χ0v) is 17.0. The van der Waals surface area contributed by atoms with Crippen LogP contribution in [0.4, 0.5) is 5.69 Å². The molecule has 0 spiro atoms. The van der Waals surface area contributed by atoms with E-state index in [0.29, 0.717) is 25.8 Å². The number of anilines is 1. The van der Waals surface area contributed by atoms with Crippen molar-refractivity contribution in [2.45, 2.75) is 31.7 Å². The number of nitrogens with one attached hydrogen (secondary N) is 1. The first-order chi connectivity index (χ1) is 14.7. The fourth-order valence-corrected chi connectivity index (χ4v) is 4.05. The number of rotatable bonds is 6. The van der Waals surface area contributed by atoms with E-state index in [9.17, 15) is 9.59 Å². The molecular weight excluding hydrogens is 372 g/mol. The number of hydrogen-bond donors (Lipinski definition) is 1.